The lowest BCUT2D eigenvalue weighted by Gasteiger charge is -2.12. The van der Waals surface area contributed by atoms with Crippen molar-refractivity contribution in [3.05, 3.63) is 146 Å². The third kappa shape index (κ3) is 4.90. The van der Waals surface area contributed by atoms with Crippen LogP contribution >= 0.6 is 11.7 Å². The summed E-state index contributed by atoms with van der Waals surface area (Å²) in [6.07, 6.45) is 3.58. The van der Waals surface area contributed by atoms with Crippen molar-refractivity contribution in [2.45, 2.75) is 0 Å². The monoisotopic (exact) mass is 620 g/mol. The van der Waals surface area contributed by atoms with E-state index in [2.05, 4.69) is 99.3 Å². The Kier molecular flexibility index (Phi) is 6.54. The molecule has 7 heteroatoms. The number of hydrogen-bond donors (Lipinski definition) is 0. The van der Waals surface area contributed by atoms with Crippen LogP contribution in [-0.4, -0.2) is 28.7 Å². The highest BCUT2D eigenvalue weighted by Gasteiger charge is 2.16. The Hall–Kier alpha value is -6.18. The first-order valence-electron chi connectivity index (χ1n) is 15.3. The number of fused-ring (bicyclic) bond motifs is 5. The molecule has 0 unspecified atom stereocenters. The van der Waals surface area contributed by atoms with Crippen molar-refractivity contribution >= 4 is 44.4 Å². The summed E-state index contributed by atoms with van der Waals surface area (Å²) in [7, 11) is 0. The zero-order chi connectivity index (χ0) is 31.2. The normalized spacial score (nSPS) is 11.4. The Morgan fingerprint density at radius 1 is 0.404 bits per heavy atom. The summed E-state index contributed by atoms with van der Waals surface area (Å²) >= 11 is 1.25. The van der Waals surface area contributed by atoms with Gasteiger partial charge < -0.3 is 0 Å². The van der Waals surface area contributed by atoms with Crippen LogP contribution in [0.5, 0.6) is 0 Å². The molecule has 0 aliphatic rings. The SMILES string of the molecule is c1ccc(-c2nc3cc(-c4ccc(-c5cc(-c6ccccn6)nc(-c6ccccn6)c5)cc4)ccc3c3c2ccc2nsnc23)cc1. The topological polar surface area (TPSA) is 77.3 Å². The van der Waals surface area contributed by atoms with Gasteiger partial charge in [-0.3, -0.25) is 9.97 Å². The van der Waals surface area contributed by atoms with Gasteiger partial charge in [-0.2, -0.15) is 8.75 Å². The first-order chi connectivity index (χ1) is 23.3. The molecule has 0 bridgehead atoms. The van der Waals surface area contributed by atoms with Crippen LogP contribution in [-0.2, 0) is 0 Å². The summed E-state index contributed by atoms with van der Waals surface area (Å²) < 4.78 is 9.21. The lowest BCUT2D eigenvalue weighted by Crippen LogP contribution is -1.94. The largest absolute Gasteiger partial charge is 0.255 e. The summed E-state index contributed by atoms with van der Waals surface area (Å²) in [5.41, 5.74) is 12.3. The van der Waals surface area contributed by atoms with Gasteiger partial charge in [0.1, 0.15) is 11.0 Å². The molecule has 0 atom stereocenters. The van der Waals surface area contributed by atoms with E-state index in [4.69, 9.17) is 14.3 Å². The van der Waals surface area contributed by atoms with Gasteiger partial charge in [0.05, 0.1) is 45.7 Å². The van der Waals surface area contributed by atoms with E-state index in [1.807, 2.05) is 48.5 Å². The van der Waals surface area contributed by atoms with E-state index in [0.717, 1.165) is 89.0 Å². The number of hydrogen-bond acceptors (Lipinski definition) is 7. The van der Waals surface area contributed by atoms with Crippen LogP contribution in [0.4, 0.5) is 0 Å². The third-order valence-electron chi connectivity index (χ3n) is 8.46. The fourth-order valence-corrected chi connectivity index (χ4v) is 6.72. The van der Waals surface area contributed by atoms with Crippen molar-refractivity contribution in [1.29, 1.82) is 0 Å². The Labute approximate surface area is 274 Å². The molecule has 0 fully saturated rings. The third-order valence-corrected chi connectivity index (χ3v) is 9.00. The molecule has 6 nitrogen and oxygen atoms in total. The van der Waals surface area contributed by atoms with Gasteiger partial charge in [0.15, 0.2) is 0 Å². The predicted molar refractivity (Wildman–Crippen MR) is 191 cm³/mol. The molecule has 0 spiro atoms. The van der Waals surface area contributed by atoms with Crippen LogP contribution in [0.25, 0.3) is 89.0 Å². The maximum atomic E-state index is 5.23. The summed E-state index contributed by atoms with van der Waals surface area (Å²) in [6.45, 7) is 0. The highest BCUT2D eigenvalue weighted by molar-refractivity contribution is 7.00. The summed E-state index contributed by atoms with van der Waals surface area (Å²) in [4.78, 5) is 19.3. The van der Waals surface area contributed by atoms with E-state index in [0.29, 0.717) is 0 Å². The molecule has 0 radical (unpaired) electrons. The van der Waals surface area contributed by atoms with E-state index >= 15 is 0 Å². The molecule has 5 heterocycles. The van der Waals surface area contributed by atoms with E-state index in [1.165, 1.54) is 11.7 Å². The molecular formula is C40H24N6S. The molecule has 9 rings (SSSR count). The lowest BCUT2D eigenvalue weighted by molar-refractivity contribution is 1.22. The zero-order valence-electron chi connectivity index (χ0n) is 24.9. The molecule has 220 valence electrons. The Balaban J connectivity index is 1.15. The molecule has 0 amide bonds. The predicted octanol–water partition coefficient (Wildman–Crippen LogP) is 9.91. The molecular weight excluding hydrogens is 597 g/mol. The molecule has 0 aliphatic carbocycles. The maximum absolute atomic E-state index is 5.23. The van der Waals surface area contributed by atoms with Crippen molar-refractivity contribution < 1.29 is 0 Å². The standard InChI is InChI=1S/C40H24N6S/c1-2-8-27(9-3-1)39-31-18-19-34-40(46-47-45-34)38(31)30-17-16-28(22-35(30)44-39)25-12-14-26(15-13-25)29-23-36(32-10-4-6-20-41-32)43-37(24-29)33-11-5-7-21-42-33/h1-24H. The van der Waals surface area contributed by atoms with E-state index < -0.39 is 0 Å². The van der Waals surface area contributed by atoms with Crippen LogP contribution in [0.2, 0.25) is 0 Å². The first kappa shape index (κ1) is 27.2. The minimum Gasteiger partial charge on any atom is -0.255 e. The summed E-state index contributed by atoms with van der Waals surface area (Å²) in [5, 5.41) is 3.24. The van der Waals surface area contributed by atoms with E-state index in [-0.39, 0.29) is 0 Å². The van der Waals surface area contributed by atoms with Gasteiger partial charge in [-0.05, 0) is 76.9 Å². The molecule has 0 N–H and O–H groups in total. The molecule has 47 heavy (non-hydrogen) atoms. The molecule has 0 saturated heterocycles. The molecule has 4 aromatic carbocycles. The van der Waals surface area contributed by atoms with Crippen LogP contribution < -0.4 is 0 Å². The Bertz CT molecular complexity index is 2490. The van der Waals surface area contributed by atoms with E-state index in [1.54, 1.807) is 12.4 Å². The fraction of sp³-hybridized carbons (Fsp3) is 0. The fourth-order valence-electron chi connectivity index (χ4n) is 6.18. The van der Waals surface area contributed by atoms with Gasteiger partial charge >= 0.3 is 0 Å². The van der Waals surface area contributed by atoms with Crippen LogP contribution in [0.1, 0.15) is 0 Å². The molecule has 0 saturated carbocycles. The van der Waals surface area contributed by atoms with Gasteiger partial charge in [-0.25, -0.2) is 9.97 Å². The zero-order valence-corrected chi connectivity index (χ0v) is 25.8. The second kappa shape index (κ2) is 11.3. The van der Waals surface area contributed by atoms with Crippen LogP contribution in [0.15, 0.2) is 146 Å². The van der Waals surface area contributed by atoms with Crippen molar-refractivity contribution in [2.75, 3.05) is 0 Å². The molecule has 9 aromatic rings. The van der Waals surface area contributed by atoms with Crippen molar-refractivity contribution in [2.24, 2.45) is 0 Å². The average Bonchev–Trinajstić information content (AvgIpc) is 3.65. The number of rotatable bonds is 5. The summed E-state index contributed by atoms with van der Waals surface area (Å²) in [6, 6.07) is 45.6. The van der Waals surface area contributed by atoms with Crippen LogP contribution in [0.3, 0.4) is 0 Å². The van der Waals surface area contributed by atoms with Crippen molar-refractivity contribution in [3.8, 4) is 56.3 Å². The van der Waals surface area contributed by atoms with Gasteiger partial charge in [-0.15, -0.1) is 0 Å². The molecule has 0 aliphatic heterocycles. The highest BCUT2D eigenvalue weighted by atomic mass is 32.1. The van der Waals surface area contributed by atoms with Gasteiger partial charge in [0, 0.05) is 34.1 Å². The van der Waals surface area contributed by atoms with E-state index in [9.17, 15) is 0 Å². The second-order valence-electron chi connectivity index (χ2n) is 11.3. The quantitative estimate of drug-likeness (QED) is 0.178. The highest BCUT2D eigenvalue weighted by Crippen LogP contribution is 2.38. The smallest absolute Gasteiger partial charge is 0.113 e. The summed E-state index contributed by atoms with van der Waals surface area (Å²) in [5.74, 6) is 0. The number of aromatic nitrogens is 6. The number of nitrogens with zero attached hydrogens (tertiary/aromatic N) is 6. The average molecular weight is 621 g/mol. The number of benzene rings is 4. The molecule has 5 aromatic heterocycles. The van der Waals surface area contributed by atoms with Crippen LogP contribution in [0, 0.1) is 0 Å². The van der Waals surface area contributed by atoms with Crippen molar-refractivity contribution in [1.82, 2.24) is 28.7 Å². The first-order valence-corrected chi connectivity index (χ1v) is 16.0. The lowest BCUT2D eigenvalue weighted by atomic mass is 9.95. The minimum absolute atomic E-state index is 0.805. The van der Waals surface area contributed by atoms with Gasteiger partial charge in [0.25, 0.3) is 0 Å². The van der Waals surface area contributed by atoms with Gasteiger partial charge in [0.2, 0.25) is 0 Å². The van der Waals surface area contributed by atoms with Crippen molar-refractivity contribution in [3.63, 3.8) is 0 Å². The minimum atomic E-state index is 0.805. The second-order valence-corrected chi connectivity index (χ2v) is 11.8. The Morgan fingerprint density at radius 3 is 1.72 bits per heavy atom. The van der Waals surface area contributed by atoms with Gasteiger partial charge in [-0.1, -0.05) is 78.9 Å². The maximum Gasteiger partial charge on any atom is 0.113 e. The number of pyridine rings is 4. The Morgan fingerprint density at radius 2 is 1.04 bits per heavy atom.